The van der Waals surface area contributed by atoms with Crippen LogP contribution in [0.1, 0.15) is 36.6 Å². The van der Waals surface area contributed by atoms with Crippen LogP contribution in [0, 0.1) is 13.8 Å². The number of hydrogen-bond donors (Lipinski definition) is 0. The Hall–Kier alpha value is -1.50. The summed E-state index contributed by atoms with van der Waals surface area (Å²) in [6, 6.07) is 10.5. The van der Waals surface area contributed by atoms with Crippen LogP contribution < -0.4 is 0 Å². The van der Waals surface area contributed by atoms with Crippen LogP contribution in [0.4, 0.5) is 0 Å². The summed E-state index contributed by atoms with van der Waals surface area (Å²) in [5.74, 6) is 0.550. The zero-order valence-corrected chi connectivity index (χ0v) is 10.5. The Balaban J connectivity index is 2.62. The molecular weight excluding hydrogens is 194 g/mol. The number of para-hydroxylation sites is 1. The summed E-state index contributed by atoms with van der Waals surface area (Å²) in [6.07, 6.45) is 2.24. The SMILES string of the molecule is Cc1cn(-c2ccccc2)c(C(C)C)c1C. The van der Waals surface area contributed by atoms with Gasteiger partial charge in [0.05, 0.1) is 0 Å². The van der Waals surface area contributed by atoms with Gasteiger partial charge >= 0.3 is 0 Å². The lowest BCUT2D eigenvalue weighted by atomic mass is 10.0. The van der Waals surface area contributed by atoms with E-state index in [0.29, 0.717) is 5.92 Å². The molecule has 2 rings (SSSR count). The number of benzene rings is 1. The molecule has 0 amide bonds. The van der Waals surface area contributed by atoms with E-state index in [1.165, 1.54) is 22.5 Å². The maximum absolute atomic E-state index is 2.31. The van der Waals surface area contributed by atoms with Crippen LogP contribution >= 0.6 is 0 Å². The number of hydrogen-bond acceptors (Lipinski definition) is 0. The molecule has 0 N–H and O–H groups in total. The van der Waals surface area contributed by atoms with E-state index in [4.69, 9.17) is 0 Å². The predicted octanol–water partition coefficient (Wildman–Crippen LogP) is 4.22. The lowest BCUT2D eigenvalue weighted by Crippen LogP contribution is -2.01. The van der Waals surface area contributed by atoms with Crippen LogP contribution in [0.3, 0.4) is 0 Å². The molecule has 84 valence electrons. The van der Waals surface area contributed by atoms with Gasteiger partial charge in [-0.25, -0.2) is 0 Å². The molecule has 1 heterocycles. The van der Waals surface area contributed by atoms with Crippen LogP contribution in [0.5, 0.6) is 0 Å². The van der Waals surface area contributed by atoms with E-state index in [1.54, 1.807) is 0 Å². The summed E-state index contributed by atoms with van der Waals surface area (Å²) in [5, 5.41) is 0. The van der Waals surface area contributed by atoms with Gasteiger partial charge in [-0.1, -0.05) is 32.0 Å². The second kappa shape index (κ2) is 4.17. The predicted molar refractivity (Wildman–Crippen MR) is 69.3 cm³/mol. The molecule has 2 aromatic rings. The molecule has 0 saturated carbocycles. The van der Waals surface area contributed by atoms with Crippen molar-refractivity contribution in [1.82, 2.24) is 4.57 Å². The van der Waals surface area contributed by atoms with Crippen LogP contribution in [0.15, 0.2) is 36.5 Å². The highest BCUT2D eigenvalue weighted by Crippen LogP contribution is 2.26. The van der Waals surface area contributed by atoms with Crippen molar-refractivity contribution in [2.75, 3.05) is 0 Å². The third kappa shape index (κ3) is 1.78. The normalized spacial score (nSPS) is 11.1. The molecule has 0 bridgehead atoms. The molecule has 1 nitrogen and oxygen atoms in total. The molecule has 0 radical (unpaired) electrons. The Bertz CT molecular complexity index is 478. The highest BCUT2D eigenvalue weighted by molar-refractivity contribution is 5.42. The van der Waals surface area contributed by atoms with Gasteiger partial charge in [-0.3, -0.25) is 0 Å². The van der Waals surface area contributed by atoms with Crippen molar-refractivity contribution in [3.05, 3.63) is 53.3 Å². The quantitative estimate of drug-likeness (QED) is 0.704. The zero-order valence-electron chi connectivity index (χ0n) is 10.5. The van der Waals surface area contributed by atoms with E-state index >= 15 is 0 Å². The Kier molecular flexibility index (Phi) is 2.86. The molecule has 0 fully saturated rings. The van der Waals surface area contributed by atoms with Crippen molar-refractivity contribution in [2.45, 2.75) is 33.6 Å². The Labute approximate surface area is 97.7 Å². The first kappa shape index (κ1) is 11.0. The third-order valence-electron chi connectivity index (χ3n) is 3.14. The standard InChI is InChI=1S/C15H19N/c1-11(2)15-13(4)12(3)10-16(15)14-8-6-5-7-9-14/h5-11H,1-4H3. The van der Waals surface area contributed by atoms with Gasteiger partial charge in [0.15, 0.2) is 0 Å². The molecular formula is C15H19N. The summed E-state index contributed by atoms with van der Waals surface area (Å²) in [6.45, 7) is 8.90. The molecule has 1 aromatic carbocycles. The topological polar surface area (TPSA) is 4.93 Å². The second-order valence-electron chi connectivity index (χ2n) is 4.68. The van der Waals surface area contributed by atoms with Gasteiger partial charge in [-0.2, -0.15) is 0 Å². The van der Waals surface area contributed by atoms with Crippen molar-refractivity contribution in [1.29, 1.82) is 0 Å². The maximum atomic E-state index is 2.31. The lowest BCUT2D eigenvalue weighted by Gasteiger charge is -2.13. The first-order chi connectivity index (χ1) is 7.61. The lowest BCUT2D eigenvalue weighted by molar-refractivity contribution is 0.779. The number of nitrogens with zero attached hydrogens (tertiary/aromatic N) is 1. The Morgan fingerprint density at radius 3 is 2.19 bits per heavy atom. The third-order valence-corrected chi connectivity index (χ3v) is 3.14. The van der Waals surface area contributed by atoms with Crippen LogP contribution in [-0.2, 0) is 0 Å². The summed E-state index contributed by atoms with van der Waals surface area (Å²) in [5.41, 5.74) is 5.46. The maximum Gasteiger partial charge on any atom is 0.0452 e. The van der Waals surface area contributed by atoms with Crippen molar-refractivity contribution >= 4 is 0 Å². The smallest absolute Gasteiger partial charge is 0.0452 e. The van der Waals surface area contributed by atoms with E-state index in [1.807, 2.05) is 0 Å². The molecule has 0 spiro atoms. The Morgan fingerprint density at radius 1 is 1.00 bits per heavy atom. The first-order valence-corrected chi connectivity index (χ1v) is 5.85. The molecule has 1 heteroatoms. The average Bonchev–Trinajstić information content (AvgIpc) is 2.57. The minimum absolute atomic E-state index is 0.550. The van der Waals surface area contributed by atoms with Crippen molar-refractivity contribution in [2.24, 2.45) is 0 Å². The van der Waals surface area contributed by atoms with Crippen molar-refractivity contribution in [3.63, 3.8) is 0 Å². The monoisotopic (exact) mass is 213 g/mol. The molecule has 0 aliphatic carbocycles. The highest BCUT2D eigenvalue weighted by atomic mass is 15.0. The van der Waals surface area contributed by atoms with Gasteiger partial charge in [0.1, 0.15) is 0 Å². The van der Waals surface area contributed by atoms with E-state index < -0.39 is 0 Å². The van der Waals surface area contributed by atoms with Gasteiger partial charge in [-0.15, -0.1) is 0 Å². The van der Waals surface area contributed by atoms with Crippen LogP contribution in [0.25, 0.3) is 5.69 Å². The van der Waals surface area contributed by atoms with E-state index in [-0.39, 0.29) is 0 Å². The minimum atomic E-state index is 0.550. The van der Waals surface area contributed by atoms with Crippen LogP contribution in [-0.4, -0.2) is 4.57 Å². The minimum Gasteiger partial charge on any atom is -0.320 e. The summed E-state index contributed by atoms with van der Waals surface area (Å²) >= 11 is 0. The van der Waals surface area contributed by atoms with Gasteiger partial charge in [0, 0.05) is 17.6 Å². The average molecular weight is 213 g/mol. The largest absolute Gasteiger partial charge is 0.320 e. The van der Waals surface area contributed by atoms with E-state index in [2.05, 4.69) is 68.8 Å². The molecule has 0 atom stereocenters. The summed E-state index contributed by atoms with van der Waals surface area (Å²) in [4.78, 5) is 0. The van der Waals surface area contributed by atoms with Crippen LogP contribution in [0.2, 0.25) is 0 Å². The molecule has 1 aromatic heterocycles. The summed E-state index contributed by atoms with van der Waals surface area (Å²) < 4.78 is 2.31. The number of aryl methyl sites for hydroxylation is 1. The molecule has 0 unspecified atom stereocenters. The molecule has 0 aliphatic heterocycles. The molecule has 16 heavy (non-hydrogen) atoms. The highest BCUT2D eigenvalue weighted by Gasteiger charge is 2.13. The summed E-state index contributed by atoms with van der Waals surface area (Å²) in [7, 11) is 0. The number of aromatic nitrogens is 1. The number of rotatable bonds is 2. The molecule has 0 saturated heterocycles. The van der Waals surface area contributed by atoms with Gasteiger partial charge < -0.3 is 4.57 Å². The van der Waals surface area contributed by atoms with Crippen molar-refractivity contribution in [3.8, 4) is 5.69 Å². The first-order valence-electron chi connectivity index (χ1n) is 5.85. The fraction of sp³-hybridized carbons (Fsp3) is 0.333. The fourth-order valence-corrected chi connectivity index (χ4v) is 2.26. The van der Waals surface area contributed by atoms with Crippen molar-refractivity contribution < 1.29 is 0 Å². The zero-order chi connectivity index (χ0) is 11.7. The molecule has 0 aliphatic rings. The van der Waals surface area contributed by atoms with E-state index in [9.17, 15) is 0 Å². The second-order valence-corrected chi connectivity index (χ2v) is 4.68. The fourth-order valence-electron chi connectivity index (χ4n) is 2.26. The Morgan fingerprint density at radius 2 is 1.62 bits per heavy atom. The van der Waals surface area contributed by atoms with Gasteiger partial charge in [0.25, 0.3) is 0 Å². The van der Waals surface area contributed by atoms with Gasteiger partial charge in [-0.05, 0) is 43.0 Å². The van der Waals surface area contributed by atoms with E-state index in [0.717, 1.165) is 0 Å². The van der Waals surface area contributed by atoms with Gasteiger partial charge in [0.2, 0.25) is 0 Å².